The van der Waals surface area contributed by atoms with Crippen molar-refractivity contribution in [3.05, 3.63) is 28.8 Å². The molecular weight excluding hydrogens is 394 g/mol. The Hall–Kier alpha value is -1.79. The normalized spacial score (nSPS) is 17.7. The number of hydrogen-bond acceptors (Lipinski definition) is 6. The van der Waals surface area contributed by atoms with Crippen LogP contribution < -0.4 is 4.74 Å². The number of carbonyl (C=O) groups is 1. The Kier molecular flexibility index (Phi) is 8.34. The lowest BCUT2D eigenvalue weighted by molar-refractivity contribution is -0.165. The van der Waals surface area contributed by atoms with Crippen LogP contribution in [0.15, 0.2) is 23.4 Å². The van der Waals surface area contributed by atoms with Crippen molar-refractivity contribution in [1.82, 2.24) is 0 Å². The highest BCUT2D eigenvalue weighted by molar-refractivity contribution is 6.31. The van der Waals surface area contributed by atoms with Crippen LogP contribution >= 0.6 is 11.6 Å². The highest BCUT2D eigenvalue weighted by Crippen LogP contribution is 2.30. The first-order valence-corrected chi connectivity index (χ1v) is 10.5. The number of esters is 1. The van der Waals surface area contributed by atoms with Crippen molar-refractivity contribution in [3.63, 3.8) is 0 Å². The molecule has 0 aromatic heterocycles. The lowest BCUT2D eigenvalue weighted by Gasteiger charge is -2.27. The van der Waals surface area contributed by atoms with E-state index in [1.165, 1.54) is 0 Å². The van der Waals surface area contributed by atoms with Crippen LogP contribution in [0.3, 0.4) is 0 Å². The average Bonchev–Trinajstić information content (AvgIpc) is 3.07. The Labute approximate surface area is 178 Å². The fourth-order valence-corrected chi connectivity index (χ4v) is 2.96. The Morgan fingerprint density at radius 3 is 2.69 bits per heavy atom. The minimum atomic E-state index is -0.767. The molecule has 0 amide bonds. The van der Waals surface area contributed by atoms with Gasteiger partial charge in [-0.3, -0.25) is 0 Å². The molecule has 0 bridgehead atoms. The first-order chi connectivity index (χ1) is 13.6. The van der Waals surface area contributed by atoms with Gasteiger partial charge in [-0.25, -0.2) is 4.79 Å². The third kappa shape index (κ3) is 6.89. The van der Waals surface area contributed by atoms with E-state index in [1.54, 1.807) is 18.2 Å². The molecule has 0 N–H and O–H groups in total. The van der Waals surface area contributed by atoms with E-state index in [4.69, 9.17) is 30.6 Å². The molecule has 1 aliphatic heterocycles. The molecule has 1 heterocycles. The minimum Gasteiger partial charge on any atom is -0.478 e. The molecule has 1 aromatic rings. The van der Waals surface area contributed by atoms with E-state index in [9.17, 15) is 4.79 Å². The Balaban J connectivity index is 2.28. The van der Waals surface area contributed by atoms with Crippen LogP contribution in [-0.4, -0.2) is 42.7 Å². The molecule has 0 saturated heterocycles. The number of halogens is 1. The quantitative estimate of drug-likeness (QED) is 0.411. The number of benzene rings is 1. The van der Waals surface area contributed by atoms with E-state index in [-0.39, 0.29) is 12.0 Å². The lowest BCUT2D eigenvalue weighted by Crippen LogP contribution is -2.39. The van der Waals surface area contributed by atoms with Crippen LogP contribution in [0.2, 0.25) is 5.02 Å². The van der Waals surface area contributed by atoms with Gasteiger partial charge in [0.1, 0.15) is 29.8 Å². The summed E-state index contributed by atoms with van der Waals surface area (Å²) in [6.07, 6.45) is 0.923. The molecular formula is C22H32ClNO5. The van der Waals surface area contributed by atoms with E-state index in [2.05, 4.69) is 12.1 Å². The van der Waals surface area contributed by atoms with Gasteiger partial charge in [0.05, 0.1) is 0 Å². The molecule has 0 aliphatic carbocycles. The van der Waals surface area contributed by atoms with Gasteiger partial charge in [-0.2, -0.15) is 0 Å². The van der Waals surface area contributed by atoms with Gasteiger partial charge in [0.2, 0.25) is 0 Å². The van der Waals surface area contributed by atoms with Gasteiger partial charge in [0.15, 0.2) is 6.10 Å². The summed E-state index contributed by atoms with van der Waals surface area (Å²) in [6.45, 7) is 12.4. The van der Waals surface area contributed by atoms with E-state index in [1.807, 2.05) is 34.6 Å². The fourth-order valence-electron chi connectivity index (χ4n) is 2.79. The largest absolute Gasteiger partial charge is 0.478 e. The fraction of sp³-hybridized carbons (Fsp3) is 0.636. The SMILES string of the molecule is CCCCOC1CON=C1c1cc(Cl)ccc1O[C@H](C(=O)OC(C)(C)C)C(C)C. The van der Waals surface area contributed by atoms with Crippen LogP contribution in [0.5, 0.6) is 5.75 Å². The number of hydrogen-bond donors (Lipinski definition) is 0. The Morgan fingerprint density at radius 2 is 2.07 bits per heavy atom. The molecule has 29 heavy (non-hydrogen) atoms. The average molecular weight is 426 g/mol. The summed E-state index contributed by atoms with van der Waals surface area (Å²) in [7, 11) is 0. The molecule has 0 fully saturated rings. The molecule has 0 spiro atoms. The molecule has 1 unspecified atom stereocenters. The second-order valence-corrected chi connectivity index (χ2v) is 8.88. The predicted octanol–water partition coefficient (Wildman–Crippen LogP) is 5.00. The summed E-state index contributed by atoms with van der Waals surface area (Å²) < 4.78 is 17.6. The third-order valence-corrected chi connectivity index (χ3v) is 4.46. The van der Waals surface area contributed by atoms with Gasteiger partial charge in [-0.15, -0.1) is 0 Å². The molecule has 162 valence electrons. The number of carbonyl (C=O) groups excluding carboxylic acids is 1. The van der Waals surface area contributed by atoms with Gasteiger partial charge >= 0.3 is 5.97 Å². The zero-order valence-corrected chi connectivity index (χ0v) is 18.9. The van der Waals surface area contributed by atoms with E-state index in [0.717, 1.165) is 12.8 Å². The van der Waals surface area contributed by atoms with Crippen molar-refractivity contribution >= 4 is 23.3 Å². The first kappa shape index (κ1) is 23.5. The molecule has 6 nitrogen and oxygen atoms in total. The first-order valence-electron chi connectivity index (χ1n) is 10.1. The van der Waals surface area contributed by atoms with Crippen molar-refractivity contribution in [1.29, 1.82) is 0 Å². The van der Waals surface area contributed by atoms with Gasteiger partial charge in [-0.05, 0) is 45.4 Å². The summed E-state index contributed by atoms with van der Waals surface area (Å²) in [5, 5.41) is 4.70. The van der Waals surface area contributed by atoms with E-state index >= 15 is 0 Å². The zero-order chi connectivity index (χ0) is 21.6. The highest BCUT2D eigenvalue weighted by Gasteiger charge is 2.33. The van der Waals surface area contributed by atoms with Crippen molar-refractivity contribution in [3.8, 4) is 5.75 Å². The van der Waals surface area contributed by atoms with Gasteiger partial charge in [0.25, 0.3) is 0 Å². The highest BCUT2D eigenvalue weighted by atomic mass is 35.5. The van der Waals surface area contributed by atoms with Crippen molar-refractivity contribution in [2.45, 2.75) is 72.2 Å². The standard InChI is InChI=1S/C22H32ClNO5/c1-7-8-11-26-18-13-27-24-19(18)16-12-15(23)9-10-17(16)28-20(14(2)3)21(25)29-22(4,5)6/h9-10,12,14,18,20H,7-8,11,13H2,1-6H3/t18?,20-/m0/s1. The molecule has 1 aromatic carbocycles. The molecule has 0 saturated carbocycles. The molecule has 1 aliphatic rings. The summed E-state index contributed by atoms with van der Waals surface area (Å²) in [5.74, 6) is -0.00666. The van der Waals surface area contributed by atoms with Gasteiger partial charge < -0.3 is 19.0 Å². The van der Waals surface area contributed by atoms with Crippen molar-refractivity contribution in [2.24, 2.45) is 11.1 Å². The van der Waals surface area contributed by atoms with Gasteiger partial charge in [0, 0.05) is 23.1 Å². The summed E-state index contributed by atoms with van der Waals surface area (Å²) >= 11 is 6.23. The lowest BCUT2D eigenvalue weighted by atomic mass is 10.0. The van der Waals surface area contributed by atoms with Gasteiger partial charge in [-0.1, -0.05) is 43.9 Å². The second kappa shape index (κ2) is 10.3. The monoisotopic (exact) mass is 425 g/mol. The molecule has 0 radical (unpaired) electrons. The zero-order valence-electron chi connectivity index (χ0n) is 18.2. The van der Waals surface area contributed by atoms with Crippen LogP contribution in [0, 0.1) is 5.92 Å². The second-order valence-electron chi connectivity index (χ2n) is 8.44. The number of rotatable bonds is 9. The molecule has 2 atom stereocenters. The third-order valence-electron chi connectivity index (χ3n) is 4.23. The smallest absolute Gasteiger partial charge is 0.348 e. The number of ether oxygens (including phenoxy) is 3. The number of oxime groups is 1. The molecule has 2 rings (SSSR count). The maximum atomic E-state index is 12.7. The minimum absolute atomic E-state index is 0.0910. The Morgan fingerprint density at radius 1 is 1.34 bits per heavy atom. The topological polar surface area (TPSA) is 66.3 Å². The van der Waals surface area contributed by atoms with Crippen LogP contribution in [0.1, 0.15) is 59.9 Å². The summed E-state index contributed by atoms with van der Waals surface area (Å²) in [6, 6.07) is 5.21. The van der Waals surface area contributed by atoms with Crippen LogP contribution in [-0.2, 0) is 19.1 Å². The Bertz CT molecular complexity index is 726. The van der Waals surface area contributed by atoms with E-state index < -0.39 is 17.7 Å². The predicted molar refractivity (Wildman–Crippen MR) is 114 cm³/mol. The maximum absolute atomic E-state index is 12.7. The van der Waals surface area contributed by atoms with E-state index in [0.29, 0.717) is 35.3 Å². The molecule has 7 heteroatoms. The van der Waals surface area contributed by atoms with Crippen LogP contribution in [0.25, 0.3) is 0 Å². The maximum Gasteiger partial charge on any atom is 0.348 e. The van der Waals surface area contributed by atoms with Crippen molar-refractivity contribution in [2.75, 3.05) is 13.2 Å². The van der Waals surface area contributed by atoms with Crippen molar-refractivity contribution < 1.29 is 23.8 Å². The number of unbranched alkanes of at least 4 members (excludes halogenated alkanes) is 1. The number of nitrogens with zero attached hydrogens (tertiary/aromatic N) is 1. The van der Waals surface area contributed by atoms with Crippen LogP contribution in [0.4, 0.5) is 0 Å². The summed E-state index contributed by atoms with van der Waals surface area (Å²) in [5.41, 5.74) is 0.675. The summed E-state index contributed by atoms with van der Waals surface area (Å²) in [4.78, 5) is 18.0.